The van der Waals surface area contributed by atoms with Gasteiger partial charge in [-0.3, -0.25) is 4.79 Å². The van der Waals surface area contributed by atoms with Crippen LogP contribution in [0, 0.1) is 6.92 Å². The first-order valence-corrected chi connectivity index (χ1v) is 10.9. The van der Waals surface area contributed by atoms with Gasteiger partial charge in [-0.2, -0.15) is 5.10 Å². The lowest BCUT2D eigenvalue weighted by Gasteiger charge is -2.12. The van der Waals surface area contributed by atoms with Crippen molar-refractivity contribution in [2.45, 2.75) is 13.8 Å². The first-order chi connectivity index (χ1) is 16.5. The molecular weight excluding hydrogens is 430 g/mol. The van der Waals surface area contributed by atoms with E-state index in [1.807, 2.05) is 55.5 Å². The van der Waals surface area contributed by atoms with E-state index in [0.29, 0.717) is 22.7 Å². The first kappa shape index (κ1) is 22.8. The fourth-order valence-electron chi connectivity index (χ4n) is 3.58. The van der Waals surface area contributed by atoms with E-state index < -0.39 is 5.97 Å². The number of esters is 1. The molecule has 0 atom stereocenters. The van der Waals surface area contributed by atoms with E-state index >= 15 is 0 Å². The Kier molecular flexibility index (Phi) is 6.73. The second kappa shape index (κ2) is 10.0. The van der Waals surface area contributed by atoms with Gasteiger partial charge in [-0.05, 0) is 67.9 Å². The number of methoxy groups -OCH3 is 1. The van der Waals surface area contributed by atoms with Crippen molar-refractivity contribution in [3.8, 4) is 22.7 Å². The van der Waals surface area contributed by atoms with Gasteiger partial charge in [-0.1, -0.05) is 30.3 Å². The number of para-hydroxylation sites is 1. The van der Waals surface area contributed by atoms with Crippen molar-refractivity contribution < 1.29 is 19.1 Å². The van der Waals surface area contributed by atoms with Crippen LogP contribution in [-0.2, 0) is 4.74 Å². The first-order valence-electron chi connectivity index (χ1n) is 10.9. The Morgan fingerprint density at radius 1 is 0.971 bits per heavy atom. The average Bonchev–Trinajstić information content (AvgIpc) is 3.30. The summed E-state index contributed by atoms with van der Waals surface area (Å²) < 4.78 is 12.0. The quantitative estimate of drug-likeness (QED) is 0.383. The molecule has 0 aliphatic heterocycles. The van der Waals surface area contributed by atoms with Crippen LogP contribution in [0.1, 0.15) is 33.3 Å². The number of carbonyl (C=O) groups excluding carboxylic acids is 2. The number of anilines is 1. The highest BCUT2D eigenvalue weighted by Crippen LogP contribution is 2.28. The molecule has 7 nitrogen and oxygen atoms in total. The predicted octanol–water partition coefficient (Wildman–Crippen LogP) is 5.29. The van der Waals surface area contributed by atoms with E-state index in [9.17, 15) is 9.59 Å². The summed E-state index contributed by atoms with van der Waals surface area (Å²) >= 11 is 0. The molecule has 34 heavy (non-hydrogen) atoms. The number of hydrogen-bond donors (Lipinski definition) is 1. The van der Waals surface area contributed by atoms with Gasteiger partial charge in [0.15, 0.2) is 5.69 Å². The second-order valence-electron chi connectivity index (χ2n) is 7.60. The molecule has 0 aliphatic rings. The maximum atomic E-state index is 12.7. The molecule has 0 spiro atoms. The highest BCUT2D eigenvalue weighted by molar-refractivity contribution is 6.04. The minimum atomic E-state index is -0.486. The molecule has 1 amide bonds. The van der Waals surface area contributed by atoms with Gasteiger partial charge in [0.25, 0.3) is 5.91 Å². The molecule has 1 N–H and O–H groups in total. The molecule has 7 heteroatoms. The summed E-state index contributed by atoms with van der Waals surface area (Å²) in [6.45, 7) is 4.00. The Hall–Kier alpha value is -4.39. The summed E-state index contributed by atoms with van der Waals surface area (Å²) in [5.74, 6) is -0.0418. The zero-order valence-corrected chi connectivity index (χ0v) is 19.2. The molecule has 3 aromatic carbocycles. The van der Waals surface area contributed by atoms with Crippen LogP contribution >= 0.6 is 0 Å². The van der Waals surface area contributed by atoms with Gasteiger partial charge in [-0.15, -0.1) is 0 Å². The van der Waals surface area contributed by atoms with Crippen molar-refractivity contribution in [1.82, 2.24) is 9.78 Å². The summed E-state index contributed by atoms with van der Waals surface area (Å²) in [6.07, 6.45) is 0. The molecule has 0 unspecified atom stereocenters. The van der Waals surface area contributed by atoms with E-state index in [-0.39, 0.29) is 18.2 Å². The Morgan fingerprint density at radius 3 is 2.44 bits per heavy atom. The van der Waals surface area contributed by atoms with Gasteiger partial charge < -0.3 is 14.8 Å². The molecule has 4 rings (SSSR count). The summed E-state index contributed by atoms with van der Waals surface area (Å²) in [5.41, 5.74) is 4.70. The van der Waals surface area contributed by atoms with Crippen molar-refractivity contribution in [3.05, 3.63) is 95.7 Å². The van der Waals surface area contributed by atoms with Gasteiger partial charge in [0.1, 0.15) is 5.75 Å². The predicted molar refractivity (Wildman–Crippen MR) is 131 cm³/mol. The largest absolute Gasteiger partial charge is 0.497 e. The van der Waals surface area contributed by atoms with Crippen molar-refractivity contribution in [1.29, 1.82) is 0 Å². The van der Waals surface area contributed by atoms with Gasteiger partial charge in [0, 0.05) is 16.8 Å². The van der Waals surface area contributed by atoms with Crippen LogP contribution < -0.4 is 10.1 Å². The van der Waals surface area contributed by atoms with Crippen molar-refractivity contribution >= 4 is 17.6 Å². The minimum absolute atomic E-state index is 0.216. The molecule has 172 valence electrons. The molecule has 4 aromatic rings. The molecule has 1 heterocycles. The Labute approximate surface area is 197 Å². The summed E-state index contributed by atoms with van der Waals surface area (Å²) in [7, 11) is 1.58. The third kappa shape index (κ3) is 4.83. The van der Waals surface area contributed by atoms with Gasteiger partial charge in [0.2, 0.25) is 0 Å². The Balaban J connectivity index is 1.70. The number of aryl methyl sites for hydroxylation is 1. The number of nitrogens with one attached hydrogen (secondary N) is 1. The second-order valence-corrected chi connectivity index (χ2v) is 7.60. The normalized spacial score (nSPS) is 10.6. The topological polar surface area (TPSA) is 82.5 Å². The SMILES string of the molecule is CCOC(=O)c1cc(-c2cccc(NC(=O)c3ccc(OC)cc3)c2)n(-c2ccccc2C)n1. The summed E-state index contributed by atoms with van der Waals surface area (Å²) in [6, 6.07) is 23.8. The van der Waals surface area contributed by atoms with Crippen LogP contribution in [0.2, 0.25) is 0 Å². The molecule has 0 radical (unpaired) electrons. The lowest BCUT2D eigenvalue weighted by Crippen LogP contribution is -2.11. The maximum absolute atomic E-state index is 12.7. The van der Waals surface area contributed by atoms with Crippen LogP contribution in [0.25, 0.3) is 16.9 Å². The Morgan fingerprint density at radius 2 is 1.74 bits per heavy atom. The molecule has 0 bridgehead atoms. The van der Waals surface area contributed by atoms with E-state index in [4.69, 9.17) is 9.47 Å². The molecule has 0 saturated heterocycles. The highest BCUT2D eigenvalue weighted by atomic mass is 16.5. The van der Waals surface area contributed by atoms with Crippen molar-refractivity contribution in [2.24, 2.45) is 0 Å². The van der Waals surface area contributed by atoms with E-state index in [1.54, 1.807) is 49.0 Å². The maximum Gasteiger partial charge on any atom is 0.358 e. The lowest BCUT2D eigenvalue weighted by atomic mass is 10.1. The van der Waals surface area contributed by atoms with Crippen LogP contribution in [0.15, 0.2) is 78.9 Å². The zero-order valence-electron chi connectivity index (χ0n) is 19.2. The van der Waals surface area contributed by atoms with Gasteiger partial charge >= 0.3 is 5.97 Å². The lowest BCUT2D eigenvalue weighted by molar-refractivity contribution is 0.0519. The molecule has 1 aromatic heterocycles. The number of aromatic nitrogens is 2. The number of amides is 1. The molecular formula is C27H25N3O4. The van der Waals surface area contributed by atoms with Crippen LogP contribution in [0.5, 0.6) is 5.75 Å². The number of benzene rings is 3. The van der Waals surface area contributed by atoms with E-state index in [1.165, 1.54) is 0 Å². The highest BCUT2D eigenvalue weighted by Gasteiger charge is 2.19. The van der Waals surface area contributed by atoms with Crippen LogP contribution in [0.3, 0.4) is 0 Å². The zero-order chi connectivity index (χ0) is 24.1. The molecule has 0 saturated carbocycles. The number of carbonyl (C=O) groups is 2. The van der Waals surface area contributed by atoms with Gasteiger partial charge in [-0.25, -0.2) is 9.48 Å². The number of ether oxygens (including phenoxy) is 2. The van der Waals surface area contributed by atoms with Crippen molar-refractivity contribution in [3.63, 3.8) is 0 Å². The number of nitrogens with zero attached hydrogens (tertiary/aromatic N) is 2. The summed E-state index contributed by atoms with van der Waals surface area (Å²) in [5, 5.41) is 7.46. The fraction of sp³-hybridized carbons (Fsp3) is 0.148. The van der Waals surface area contributed by atoms with Gasteiger partial charge in [0.05, 0.1) is 25.1 Å². The monoisotopic (exact) mass is 455 g/mol. The van der Waals surface area contributed by atoms with E-state index in [0.717, 1.165) is 16.8 Å². The number of hydrogen-bond acceptors (Lipinski definition) is 5. The third-order valence-corrected chi connectivity index (χ3v) is 5.31. The molecule has 0 fully saturated rings. The number of rotatable bonds is 7. The Bertz CT molecular complexity index is 1330. The standard InChI is InChI=1S/C27H25N3O4/c1-4-34-27(32)23-17-25(30(29-23)24-11-6-5-8-18(24)2)20-9-7-10-21(16-20)28-26(31)19-12-14-22(33-3)15-13-19/h5-17H,4H2,1-3H3,(H,28,31). The van der Waals surface area contributed by atoms with E-state index in [2.05, 4.69) is 10.4 Å². The minimum Gasteiger partial charge on any atom is -0.497 e. The third-order valence-electron chi connectivity index (χ3n) is 5.31. The molecule has 0 aliphatic carbocycles. The smallest absolute Gasteiger partial charge is 0.358 e. The van der Waals surface area contributed by atoms with Crippen molar-refractivity contribution in [2.75, 3.05) is 19.0 Å². The van der Waals surface area contributed by atoms with Crippen LogP contribution in [-0.4, -0.2) is 35.4 Å². The van der Waals surface area contributed by atoms with Crippen LogP contribution in [0.4, 0.5) is 5.69 Å². The fourth-order valence-corrected chi connectivity index (χ4v) is 3.58. The average molecular weight is 456 g/mol. The summed E-state index contributed by atoms with van der Waals surface area (Å²) in [4.78, 5) is 25.1.